The maximum atomic E-state index is 13.3. The molecular weight excluding hydrogens is 271 g/mol. The molecule has 21 heavy (non-hydrogen) atoms. The van der Waals surface area contributed by atoms with Crippen LogP contribution in [-0.2, 0) is 9.59 Å². The zero-order chi connectivity index (χ0) is 15.6. The Labute approximate surface area is 124 Å². The Balaban J connectivity index is 2.13. The Hall–Kier alpha value is -1.91. The summed E-state index contributed by atoms with van der Waals surface area (Å²) in [5.74, 6) is -0.263. The van der Waals surface area contributed by atoms with Crippen LogP contribution in [0.25, 0.3) is 0 Å². The minimum atomic E-state index is -0.506. The highest BCUT2D eigenvalue weighted by Gasteiger charge is 2.34. The SMILES string of the molecule is CC(C)CC(=O)N1CCN(c2cccc(F)c2)C(=O)[C@H]1C. The van der Waals surface area contributed by atoms with Crippen LogP contribution in [0.5, 0.6) is 0 Å². The van der Waals surface area contributed by atoms with Crippen molar-refractivity contribution in [2.75, 3.05) is 18.0 Å². The van der Waals surface area contributed by atoms with Crippen LogP contribution in [0, 0.1) is 11.7 Å². The number of nitrogens with zero attached hydrogens (tertiary/aromatic N) is 2. The van der Waals surface area contributed by atoms with Gasteiger partial charge in [0, 0.05) is 25.2 Å². The first-order valence-electron chi connectivity index (χ1n) is 7.26. The molecule has 0 aromatic heterocycles. The van der Waals surface area contributed by atoms with Gasteiger partial charge in [0.1, 0.15) is 11.9 Å². The molecule has 0 bridgehead atoms. The smallest absolute Gasteiger partial charge is 0.249 e. The average molecular weight is 292 g/mol. The predicted octanol–water partition coefficient (Wildman–Crippen LogP) is 2.44. The van der Waals surface area contributed by atoms with Crippen LogP contribution in [0.4, 0.5) is 10.1 Å². The van der Waals surface area contributed by atoms with Crippen LogP contribution < -0.4 is 4.90 Å². The lowest BCUT2D eigenvalue weighted by molar-refractivity contribution is -0.141. The number of benzene rings is 1. The minimum absolute atomic E-state index is 0.00439. The van der Waals surface area contributed by atoms with Gasteiger partial charge in [0.25, 0.3) is 0 Å². The fourth-order valence-electron chi connectivity index (χ4n) is 2.58. The second kappa shape index (κ2) is 6.24. The molecule has 5 heteroatoms. The van der Waals surface area contributed by atoms with Gasteiger partial charge in [-0.2, -0.15) is 0 Å². The molecule has 0 aliphatic carbocycles. The Morgan fingerprint density at radius 3 is 2.71 bits per heavy atom. The quantitative estimate of drug-likeness (QED) is 0.858. The largest absolute Gasteiger partial charge is 0.329 e. The second-order valence-corrected chi connectivity index (χ2v) is 5.83. The van der Waals surface area contributed by atoms with Gasteiger partial charge in [-0.15, -0.1) is 0 Å². The summed E-state index contributed by atoms with van der Waals surface area (Å²) in [6.07, 6.45) is 0.442. The molecule has 0 radical (unpaired) electrons. The van der Waals surface area contributed by atoms with Crippen molar-refractivity contribution in [1.82, 2.24) is 4.90 Å². The summed E-state index contributed by atoms with van der Waals surface area (Å²) < 4.78 is 13.3. The van der Waals surface area contributed by atoms with E-state index in [-0.39, 0.29) is 23.5 Å². The number of carbonyl (C=O) groups is 2. The Kier molecular flexibility index (Phi) is 4.60. The van der Waals surface area contributed by atoms with Gasteiger partial charge in [-0.25, -0.2) is 4.39 Å². The van der Waals surface area contributed by atoms with Gasteiger partial charge in [-0.05, 0) is 31.0 Å². The summed E-state index contributed by atoms with van der Waals surface area (Å²) >= 11 is 0. The molecular formula is C16H21FN2O2. The van der Waals surface area contributed by atoms with E-state index >= 15 is 0 Å². The average Bonchev–Trinajstić information content (AvgIpc) is 2.40. The van der Waals surface area contributed by atoms with Gasteiger partial charge in [-0.1, -0.05) is 19.9 Å². The molecule has 0 spiro atoms. The molecule has 1 heterocycles. The number of rotatable bonds is 3. The third kappa shape index (κ3) is 3.40. The van der Waals surface area contributed by atoms with E-state index in [4.69, 9.17) is 0 Å². The number of halogens is 1. The van der Waals surface area contributed by atoms with Crippen molar-refractivity contribution in [3.63, 3.8) is 0 Å². The first-order valence-corrected chi connectivity index (χ1v) is 7.26. The van der Waals surface area contributed by atoms with Crippen molar-refractivity contribution >= 4 is 17.5 Å². The first-order chi connectivity index (χ1) is 9.90. The van der Waals surface area contributed by atoms with Gasteiger partial charge < -0.3 is 9.80 Å². The van der Waals surface area contributed by atoms with Crippen LogP contribution >= 0.6 is 0 Å². The molecule has 1 aliphatic rings. The van der Waals surface area contributed by atoms with E-state index in [1.807, 2.05) is 13.8 Å². The molecule has 1 atom stereocenters. The van der Waals surface area contributed by atoms with Crippen molar-refractivity contribution in [3.05, 3.63) is 30.1 Å². The van der Waals surface area contributed by atoms with Gasteiger partial charge >= 0.3 is 0 Å². The van der Waals surface area contributed by atoms with Crippen LogP contribution in [0.1, 0.15) is 27.2 Å². The molecule has 2 rings (SSSR count). The summed E-state index contributed by atoms with van der Waals surface area (Å²) in [5.41, 5.74) is 0.544. The Bertz CT molecular complexity index is 545. The molecule has 4 nitrogen and oxygen atoms in total. The van der Waals surface area contributed by atoms with Crippen molar-refractivity contribution in [1.29, 1.82) is 0 Å². The maximum Gasteiger partial charge on any atom is 0.249 e. The van der Waals surface area contributed by atoms with E-state index in [1.54, 1.807) is 28.9 Å². The molecule has 114 valence electrons. The molecule has 1 saturated heterocycles. The summed E-state index contributed by atoms with van der Waals surface area (Å²) in [6.45, 7) is 6.57. The third-order valence-electron chi connectivity index (χ3n) is 3.68. The number of piperazine rings is 1. The van der Waals surface area contributed by atoms with Gasteiger partial charge in [-0.3, -0.25) is 9.59 Å². The van der Waals surface area contributed by atoms with Gasteiger partial charge in [0.15, 0.2) is 0 Å². The molecule has 1 aliphatic heterocycles. The number of anilines is 1. The van der Waals surface area contributed by atoms with Gasteiger partial charge in [0.05, 0.1) is 0 Å². The normalized spacial score (nSPS) is 19.3. The van der Waals surface area contributed by atoms with Crippen molar-refractivity contribution < 1.29 is 14.0 Å². The minimum Gasteiger partial charge on any atom is -0.329 e. The standard InChI is InChI=1S/C16H21FN2O2/c1-11(2)9-15(20)18-7-8-19(16(21)12(18)3)14-6-4-5-13(17)10-14/h4-6,10-12H,7-9H2,1-3H3/t12-/m1/s1. The maximum absolute atomic E-state index is 13.3. The van der Waals surface area contributed by atoms with Crippen LogP contribution in [0.3, 0.4) is 0 Å². The highest BCUT2D eigenvalue weighted by Crippen LogP contribution is 2.22. The fraction of sp³-hybridized carbons (Fsp3) is 0.500. The van der Waals surface area contributed by atoms with E-state index in [0.29, 0.717) is 25.2 Å². The Morgan fingerprint density at radius 1 is 1.38 bits per heavy atom. The van der Waals surface area contributed by atoms with Crippen LogP contribution in [0.2, 0.25) is 0 Å². The molecule has 1 aromatic rings. The van der Waals surface area contributed by atoms with Crippen LogP contribution in [0.15, 0.2) is 24.3 Å². The monoisotopic (exact) mass is 292 g/mol. The summed E-state index contributed by atoms with van der Waals surface area (Å²) in [4.78, 5) is 27.8. The topological polar surface area (TPSA) is 40.6 Å². The number of amides is 2. The predicted molar refractivity (Wildman–Crippen MR) is 79.4 cm³/mol. The first kappa shape index (κ1) is 15.5. The summed E-state index contributed by atoms with van der Waals surface area (Å²) in [7, 11) is 0. The number of hydrogen-bond acceptors (Lipinski definition) is 2. The molecule has 1 fully saturated rings. The zero-order valence-electron chi connectivity index (χ0n) is 12.7. The van der Waals surface area contributed by atoms with Crippen molar-refractivity contribution in [2.45, 2.75) is 33.2 Å². The Morgan fingerprint density at radius 2 is 2.10 bits per heavy atom. The van der Waals surface area contributed by atoms with E-state index in [2.05, 4.69) is 0 Å². The van der Waals surface area contributed by atoms with Crippen molar-refractivity contribution in [3.8, 4) is 0 Å². The van der Waals surface area contributed by atoms with E-state index in [1.165, 1.54) is 12.1 Å². The highest BCUT2D eigenvalue weighted by atomic mass is 19.1. The van der Waals surface area contributed by atoms with E-state index < -0.39 is 6.04 Å². The van der Waals surface area contributed by atoms with E-state index in [0.717, 1.165) is 0 Å². The molecule has 0 saturated carbocycles. The molecule has 0 N–H and O–H groups in total. The molecule has 2 amide bonds. The lowest BCUT2D eigenvalue weighted by Gasteiger charge is -2.39. The van der Waals surface area contributed by atoms with Crippen LogP contribution in [-0.4, -0.2) is 35.8 Å². The van der Waals surface area contributed by atoms with Gasteiger partial charge in [0.2, 0.25) is 11.8 Å². The highest BCUT2D eigenvalue weighted by molar-refractivity contribution is 6.00. The molecule has 0 unspecified atom stereocenters. The molecule has 1 aromatic carbocycles. The number of hydrogen-bond donors (Lipinski definition) is 0. The fourth-order valence-corrected chi connectivity index (χ4v) is 2.58. The summed E-state index contributed by atoms with van der Waals surface area (Å²) in [5, 5.41) is 0. The van der Waals surface area contributed by atoms with Crippen molar-refractivity contribution in [2.24, 2.45) is 5.92 Å². The lowest BCUT2D eigenvalue weighted by atomic mass is 10.1. The second-order valence-electron chi connectivity index (χ2n) is 5.83. The number of carbonyl (C=O) groups excluding carboxylic acids is 2. The lowest BCUT2D eigenvalue weighted by Crippen LogP contribution is -2.57. The van der Waals surface area contributed by atoms with E-state index in [9.17, 15) is 14.0 Å². The third-order valence-corrected chi connectivity index (χ3v) is 3.68. The summed E-state index contributed by atoms with van der Waals surface area (Å²) in [6, 6.07) is 5.47. The zero-order valence-corrected chi connectivity index (χ0v) is 12.7.